The predicted octanol–water partition coefficient (Wildman–Crippen LogP) is 5.45. The summed E-state index contributed by atoms with van der Waals surface area (Å²) < 4.78 is 0. The summed E-state index contributed by atoms with van der Waals surface area (Å²) in [6.45, 7) is 3.04. The molecule has 1 heterocycles. The first kappa shape index (κ1) is 25.8. The van der Waals surface area contributed by atoms with Crippen molar-refractivity contribution >= 4 is 17.5 Å². The molecule has 1 aliphatic heterocycles. The topological polar surface area (TPSA) is 83.5 Å². The highest BCUT2D eigenvalue weighted by molar-refractivity contribution is 6.39. The van der Waals surface area contributed by atoms with Gasteiger partial charge in [0.1, 0.15) is 0 Å². The van der Waals surface area contributed by atoms with Gasteiger partial charge in [0, 0.05) is 12.8 Å². The lowest BCUT2D eigenvalue weighted by Gasteiger charge is -2.17. The van der Waals surface area contributed by atoms with Gasteiger partial charge in [-0.25, -0.2) is 0 Å². The Morgan fingerprint density at radius 2 is 1.34 bits per heavy atom. The third kappa shape index (κ3) is 12.1. The molecule has 0 saturated carbocycles. The minimum atomic E-state index is -0.704. The van der Waals surface area contributed by atoms with Crippen LogP contribution in [0.5, 0.6) is 0 Å². The van der Waals surface area contributed by atoms with E-state index in [0.717, 1.165) is 70.8 Å². The normalized spacial score (nSPS) is 18.8. The van der Waals surface area contributed by atoms with E-state index in [1.165, 1.54) is 32.1 Å². The molecule has 0 aromatic carbocycles. The Morgan fingerprint density at radius 3 is 1.97 bits per heavy atom. The maximum Gasteiger partial charge on any atom is 0.303 e. The van der Waals surface area contributed by atoms with Gasteiger partial charge in [-0.1, -0.05) is 77.6 Å². The predicted molar refractivity (Wildman–Crippen MR) is 117 cm³/mol. The molecule has 5 nitrogen and oxygen atoms in total. The van der Waals surface area contributed by atoms with Gasteiger partial charge in [-0.05, 0) is 38.1 Å². The van der Waals surface area contributed by atoms with Gasteiger partial charge in [0.15, 0.2) is 5.78 Å². The van der Waals surface area contributed by atoms with Crippen LogP contribution < -0.4 is 5.32 Å². The van der Waals surface area contributed by atoms with Crippen LogP contribution in [-0.4, -0.2) is 35.2 Å². The van der Waals surface area contributed by atoms with Crippen molar-refractivity contribution in [2.45, 2.75) is 122 Å². The largest absolute Gasteiger partial charge is 0.481 e. The smallest absolute Gasteiger partial charge is 0.303 e. The van der Waals surface area contributed by atoms with Gasteiger partial charge in [0.25, 0.3) is 0 Å². The zero-order chi connectivity index (χ0) is 21.3. The van der Waals surface area contributed by atoms with Gasteiger partial charge in [-0.3, -0.25) is 14.4 Å². The van der Waals surface area contributed by atoms with Crippen LogP contribution in [0, 0.1) is 5.92 Å². The third-order valence-corrected chi connectivity index (χ3v) is 6.13. The molecule has 29 heavy (non-hydrogen) atoms. The van der Waals surface area contributed by atoms with Gasteiger partial charge < -0.3 is 10.4 Å². The maximum absolute atomic E-state index is 12.6. The van der Waals surface area contributed by atoms with E-state index >= 15 is 0 Å². The second kappa shape index (κ2) is 16.6. The van der Waals surface area contributed by atoms with Crippen molar-refractivity contribution in [2.75, 3.05) is 6.54 Å². The number of rotatable bonds is 19. The summed E-state index contributed by atoms with van der Waals surface area (Å²) in [5, 5.41) is 11.9. The van der Waals surface area contributed by atoms with Crippen molar-refractivity contribution in [3.63, 3.8) is 0 Å². The first-order valence-electron chi connectivity index (χ1n) is 12.1. The first-order valence-corrected chi connectivity index (χ1v) is 12.1. The van der Waals surface area contributed by atoms with Crippen LogP contribution in [0.2, 0.25) is 0 Å². The summed E-state index contributed by atoms with van der Waals surface area (Å²) in [6, 6.07) is -0.251. The molecule has 1 aliphatic rings. The molecular weight excluding hydrogens is 366 g/mol. The molecule has 1 rings (SSSR count). The molecule has 1 unspecified atom stereocenters. The maximum atomic E-state index is 12.6. The number of carbonyl (C=O) groups excluding carboxylic acids is 2. The fraction of sp³-hybridized carbons (Fsp3) is 0.875. The van der Waals surface area contributed by atoms with Crippen molar-refractivity contribution in [1.82, 2.24) is 5.32 Å². The number of Topliss-reactive ketones (excluding diaryl/α,β-unsaturated/α-hetero) is 2. The molecule has 168 valence electrons. The number of ketones is 2. The fourth-order valence-corrected chi connectivity index (χ4v) is 4.30. The molecule has 0 radical (unpaired) electrons. The molecule has 5 heteroatoms. The molecule has 0 amide bonds. The van der Waals surface area contributed by atoms with E-state index in [0.29, 0.717) is 12.3 Å². The molecule has 0 bridgehead atoms. The van der Waals surface area contributed by atoms with Crippen molar-refractivity contribution in [2.24, 2.45) is 5.92 Å². The van der Waals surface area contributed by atoms with Crippen LogP contribution in [0.25, 0.3) is 0 Å². The van der Waals surface area contributed by atoms with E-state index < -0.39 is 5.97 Å². The van der Waals surface area contributed by atoms with Crippen LogP contribution in [0.3, 0.4) is 0 Å². The second-order valence-electron chi connectivity index (χ2n) is 8.69. The highest BCUT2D eigenvalue weighted by Crippen LogP contribution is 2.24. The minimum absolute atomic E-state index is 0.175. The van der Waals surface area contributed by atoms with Crippen molar-refractivity contribution in [3.05, 3.63) is 0 Å². The van der Waals surface area contributed by atoms with Crippen LogP contribution in [0.1, 0.15) is 116 Å². The number of carboxylic acid groups (broad SMARTS) is 1. The van der Waals surface area contributed by atoms with Gasteiger partial charge >= 0.3 is 5.97 Å². The second-order valence-corrected chi connectivity index (χ2v) is 8.69. The van der Waals surface area contributed by atoms with Crippen molar-refractivity contribution in [3.8, 4) is 0 Å². The van der Waals surface area contributed by atoms with Crippen molar-refractivity contribution in [1.29, 1.82) is 0 Å². The molecule has 0 aliphatic carbocycles. The Labute approximate surface area is 177 Å². The number of hydrogen-bond donors (Lipinski definition) is 2. The van der Waals surface area contributed by atoms with Crippen LogP contribution in [0.4, 0.5) is 0 Å². The highest BCUT2D eigenvalue weighted by Gasteiger charge is 2.34. The number of unbranched alkanes of at least 4 members (excludes halogenated alkanes) is 11. The first-order chi connectivity index (χ1) is 14.1. The molecule has 2 atom stereocenters. The lowest BCUT2D eigenvalue weighted by Crippen LogP contribution is -2.40. The molecule has 1 saturated heterocycles. The average molecular weight is 410 g/mol. The highest BCUT2D eigenvalue weighted by atomic mass is 16.4. The summed E-state index contributed by atoms with van der Waals surface area (Å²) in [6.07, 6.45) is 16.9. The molecule has 0 aromatic rings. The third-order valence-electron chi connectivity index (χ3n) is 6.13. The summed E-state index contributed by atoms with van der Waals surface area (Å²) >= 11 is 0. The lowest BCUT2D eigenvalue weighted by atomic mass is 9.89. The molecule has 0 spiro atoms. The van der Waals surface area contributed by atoms with Crippen LogP contribution in [-0.2, 0) is 14.4 Å². The molecule has 2 N–H and O–H groups in total. The van der Waals surface area contributed by atoms with E-state index in [1.54, 1.807) is 0 Å². The quantitative estimate of drug-likeness (QED) is 0.219. The van der Waals surface area contributed by atoms with Crippen molar-refractivity contribution < 1.29 is 19.5 Å². The van der Waals surface area contributed by atoms with Gasteiger partial charge in [0.2, 0.25) is 5.78 Å². The van der Waals surface area contributed by atoms with E-state index in [9.17, 15) is 14.4 Å². The molecular formula is C24H43NO4. The Hall–Kier alpha value is -1.23. The average Bonchev–Trinajstić information content (AvgIpc) is 3.16. The van der Waals surface area contributed by atoms with Crippen LogP contribution in [0.15, 0.2) is 0 Å². The number of aliphatic carboxylic acids is 1. The number of nitrogens with one attached hydrogen (secondary N) is 1. The Morgan fingerprint density at radius 1 is 0.793 bits per heavy atom. The summed E-state index contributed by atoms with van der Waals surface area (Å²) in [5.74, 6) is -0.748. The van der Waals surface area contributed by atoms with E-state index in [1.807, 2.05) is 0 Å². The van der Waals surface area contributed by atoms with Gasteiger partial charge in [-0.2, -0.15) is 0 Å². The summed E-state index contributed by atoms with van der Waals surface area (Å²) in [5.41, 5.74) is 0. The Bertz CT molecular complexity index is 478. The number of hydrogen-bond acceptors (Lipinski definition) is 4. The molecule has 0 aromatic heterocycles. The van der Waals surface area contributed by atoms with Crippen LogP contribution >= 0.6 is 0 Å². The Balaban J connectivity index is 2.11. The summed E-state index contributed by atoms with van der Waals surface area (Å²) in [7, 11) is 0. The summed E-state index contributed by atoms with van der Waals surface area (Å²) in [4.78, 5) is 35.3. The van der Waals surface area contributed by atoms with Gasteiger partial charge in [-0.15, -0.1) is 0 Å². The SMILES string of the molecule is CCCCCCCCC(=O)C(=O)C1NCC[C@@H]1CCCCCCCCCC(=O)O. The molecule has 1 fully saturated rings. The zero-order valence-electron chi connectivity index (χ0n) is 18.6. The monoisotopic (exact) mass is 409 g/mol. The van der Waals surface area contributed by atoms with E-state index in [-0.39, 0.29) is 24.0 Å². The number of carboxylic acids is 1. The van der Waals surface area contributed by atoms with Gasteiger partial charge in [0.05, 0.1) is 6.04 Å². The zero-order valence-corrected chi connectivity index (χ0v) is 18.6. The van der Waals surface area contributed by atoms with E-state index in [2.05, 4.69) is 12.2 Å². The minimum Gasteiger partial charge on any atom is -0.481 e. The lowest BCUT2D eigenvalue weighted by molar-refractivity contribution is -0.138. The van der Waals surface area contributed by atoms with E-state index in [4.69, 9.17) is 5.11 Å². The fourth-order valence-electron chi connectivity index (χ4n) is 4.30. The number of carbonyl (C=O) groups is 3. The Kier molecular flexibility index (Phi) is 14.7. The standard InChI is InChI=1S/C24H43NO4/c1-2-3-4-5-10-13-16-21(26)24(29)23-20(18-19-25-23)15-12-9-7-6-8-11-14-17-22(27)28/h20,23,25H,2-19H2,1H3,(H,27,28)/t20-,23?/m0/s1.